The number of amides is 2. The fourth-order valence-corrected chi connectivity index (χ4v) is 5.33. The molecule has 1 saturated heterocycles. The lowest BCUT2D eigenvalue weighted by Crippen LogP contribution is -2.40. The van der Waals surface area contributed by atoms with Crippen LogP contribution in [0.1, 0.15) is 31.4 Å². The SMILES string of the molecule is O=C(NCc1cccs1)[C@@H]1CCc2sc(C(=O)N3CCOCC3)cc2C1. The number of rotatable bonds is 4. The first-order valence-electron chi connectivity index (χ1n) is 8.99. The second-order valence-corrected chi connectivity index (χ2v) is 8.87. The summed E-state index contributed by atoms with van der Waals surface area (Å²) in [6.07, 6.45) is 2.47. The van der Waals surface area contributed by atoms with Crippen LogP contribution in [0.5, 0.6) is 0 Å². The topological polar surface area (TPSA) is 58.6 Å². The van der Waals surface area contributed by atoms with E-state index >= 15 is 0 Å². The Hall–Kier alpha value is -1.70. The van der Waals surface area contributed by atoms with Crippen LogP contribution in [0.25, 0.3) is 0 Å². The minimum atomic E-state index is 0.00315. The summed E-state index contributed by atoms with van der Waals surface area (Å²) < 4.78 is 5.32. The van der Waals surface area contributed by atoms with Gasteiger partial charge in [0.2, 0.25) is 5.91 Å². The van der Waals surface area contributed by atoms with Crippen LogP contribution in [0, 0.1) is 5.92 Å². The van der Waals surface area contributed by atoms with Crippen LogP contribution >= 0.6 is 22.7 Å². The first kappa shape index (κ1) is 17.7. The molecular weight excluding hydrogens is 368 g/mol. The molecule has 5 nitrogen and oxygen atoms in total. The van der Waals surface area contributed by atoms with Crippen molar-refractivity contribution in [2.45, 2.75) is 25.8 Å². The molecule has 0 saturated carbocycles. The van der Waals surface area contributed by atoms with E-state index in [1.807, 2.05) is 28.5 Å². The normalized spacial score (nSPS) is 19.8. The van der Waals surface area contributed by atoms with Crippen molar-refractivity contribution >= 4 is 34.5 Å². The molecule has 2 amide bonds. The molecule has 0 radical (unpaired) electrons. The van der Waals surface area contributed by atoms with Crippen molar-refractivity contribution in [2.75, 3.05) is 26.3 Å². The van der Waals surface area contributed by atoms with Gasteiger partial charge in [-0.2, -0.15) is 0 Å². The number of hydrogen-bond acceptors (Lipinski definition) is 5. The van der Waals surface area contributed by atoms with Crippen LogP contribution < -0.4 is 5.32 Å². The number of nitrogens with zero attached hydrogens (tertiary/aromatic N) is 1. The highest BCUT2D eigenvalue weighted by atomic mass is 32.1. The molecule has 2 aromatic heterocycles. The Morgan fingerprint density at radius 3 is 2.92 bits per heavy atom. The van der Waals surface area contributed by atoms with E-state index in [4.69, 9.17) is 4.74 Å². The molecule has 26 heavy (non-hydrogen) atoms. The Bertz CT molecular complexity index is 779. The standard InChI is InChI=1S/C19H22N2O3S2/c22-18(20-12-15-2-1-9-25-15)13-3-4-16-14(10-13)11-17(26-16)19(23)21-5-7-24-8-6-21/h1-2,9,11,13H,3-8,10,12H2,(H,20,22)/t13-/m1/s1. The zero-order valence-corrected chi connectivity index (χ0v) is 16.2. The zero-order valence-electron chi connectivity index (χ0n) is 14.5. The third kappa shape index (κ3) is 3.84. The van der Waals surface area contributed by atoms with Crippen LogP contribution in [-0.2, 0) is 28.9 Å². The van der Waals surface area contributed by atoms with Crippen LogP contribution in [0.4, 0.5) is 0 Å². The molecule has 4 rings (SSSR count). The fraction of sp³-hybridized carbons (Fsp3) is 0.474. The maximum absolute atomic E-state index is 12.7. The van der Waals surface area contributed by atoms with Crippen molar-refractivity contribution in [3.05, 3.63) is 43.8 Å². The molecule has 1 atom stereocenters. The van der Waals surface area contributed by atoms with E-state index in [-0.39, 0.29) is 17.7 Å². The van der Waals surface area contributed by atoms with Gasteiger partial charge in [-0.15, -0.1) is 22.7 Å². The molecule has 1 N–H and O–H groups in total. The summed E-state index contributed by atoms with van der Waals surface area (Å²) in [7, 11) is 0. The number of nitrogens with one attached hydrogen (secondary N) is 1. The molecule has 0 aromatic carbocycles. The van der Waals surface area contributed by atoms with E-state index < -0.39 is 0 Å². The number of hydrogen-bond donors (Lipinski definition) is 1. The number of ether oxygens (including phenoxy) is 1. The Labute approximate surface area is 161 Å². The molecule has 2 aromatic rings. The summed E-state index contributed by atoms with van der Waals surface area (Å²) in [5, 5.41) is 5.07. The molecule has 0 bridgehead atoms. The number of morpholine rings is 1. The van der Waals surface area contributed by atoms with Crippen molar-refractivity contribution in [1.29, 1.82) is 0 Å². The molecule has 138 valence electrons. The molecule has 7 heteroatoms. The maximum Gasteiger partial charge on any atom is 0.264 e. The van der Waals surface area contributed by atoms with Crippen LogP contribution in [0.2, 0.25) is 0 Å². The predicted octanol–water partition coefficient (Wildman–Crippen LogP) is 2.70. The number of carbonyl (C=O) groups excluding carboxylic acids is 2. The quantitative estimate of drug-likeness (QED) is 0.873. The van der Waals surface area contributed by atoms with Gasteiger partial charge >= 0.3 is 0 Å². The van der Waals surface area contributed by atoms with Gasteiger partial charge in [-0.1, -0.05) is 6.07 Å². The average molecular weight is 391 g/mol. The second-order valence-electron chi connectivity index (χ2n) is 6.70. The lowest BCUT2D eigenvalue weighted by Gasteiger charge is -2.26. The minimum Gasteiger partial charge on any atom is -0.378 e. The maximum atomic E-state index is 12.7. The number of aryl methyl sites for hydroxylation is 1. The Morgan fingerprint density at radius 1 is 1.31 bits per heavy atom. The summed E-state index contributed by atoms with van der Waals surface area (Å²) in [6.45, 7) is 3.15. The van der Waals surface area contributed by atoms with E-state index in [1.54, 1.807) is 22.7 Å². The second kappa shape index (κ2) is 7.90. The summed E-state index contributed by atoms with van der Waals surface area (Å²) in [4.78, 5) is 30.3. The van der Waals surface area contributed by atoms with Gasteiger partial charge in [0.15, 0.2) is 0 Å². The summed E-state index contributed by atoms with van der Waals surface area (Å²) in [5.41, 5.74) is 1.18. The van der Waals surface area contributed by atoms with Gasteiger partial charge in [0, 0.05) is 28.8 Å². The number of carbonyl (C=O) groups is 2. The van der Waals surface area contributed by atoms with Crippen LogP contribution in [0.3, 0.4) is 0 Å². The number of fused-ring (bicyclic) bond motifs is 1. The third-order valence-electron chi connectivity index (χ3n) is 4.98. The van der Waals surface area contributed by atoms with Gasteiger partial charge in [-0.3, -0.25) is 9.59 Å². The van der Waals surface area contributed by atoms with Gasteiger partial charge < -0.3 is 15.0 Å². The van der Waals surface area contributed by atoms with E-state index in [9.17, 15) is 9.59 Å². The van der Waals surface area contributed by atoms with Gasteiger partial charge in [0.25, 0.3) is 5.91 Å². The minimum absolute atomic E-state index is 0.00315. The van der Waals surface area contributed by atoms with Gasteiger partial charge in [-0.25, -0.2) is 0 Å². The largest absolute Gasteiger partial charge is 0.378 e. The van der Waals surface area contributed by atoms with Gasteiger partial charge in [0.05, 0.1) is 24.6 Å². The third-order valence-corrected chi connectivity index (χ3v) is 7.08. The zero-order chi connectivity index (χ0) is 17.9. The Kier molecular flexibility index (Phi) is 5.38. The van der Waals surface area contributed by atoms with Crippen molar-refractivity contribution in [3.8, 4) is 0 Å². The molecule has 1 aliphatic heterocycles. The monoisotopic (exact) mass is 390 g/mol. The molecule has 0 unspecified atom stereocenters. The summed E-state index contributed by atoms with van der Waals surface area (Å²) >= 11 is 3.26. The first-order chi connectivity index (χ1) is 12.7. The highest BCUT2D eigenvalue weighted by Crippen LogP contribution is 2.33. The van der Waals surface area contributed by atoms with Crippen molar-refractivity contribution in [1.82, 2.24) is 10.2 Å². The first-order valence-corrected chi connectivity index (χ1v) is 10.7. The molecule has 3 heterocycles. The smallest absolute Gasteiger partial charge is 0.264 e. The molecular formula is C19H22N2O3S2. The van der Waals surface area contributed by atoms with Crippen LogP contribution in [-0.4, -0.2) is 43.0 Å². The highest BCUT2D eigenvalue weighted by molar-refractivity contribution is 7.14. The predicted molar refractivity (Wildman–Crippen MR) is 103 cm³/mol. The Morgan fingerprint density at radius 2 is 2.15 bits per heavy atom. The van der Waals surface area contributed by atoms with E-state index in [0.29, 0.717) is 32.8 Å². The average Bonchev–Trinajstić information content (AvgIpc) is 3.35. The lowest BCUT2D eigenvalue weighted by molar-refractivity contribution is -0.125. The van der Waals surface area contributed by atoms with E-state index in [0.717, 1.165) is 24.1 Å². The summed E-state index contributed by atoms with van der Waals surface area (Å²) in [5.74, 6) is 0.228. The molecule has 1 aliphatic carbocycles. The Balaban J connectivity index is 1.38. The van der Waals surface area contributed by atoms with E-state index in [1.165, 1.54) is 15.3 Å². The van der Waals surface area contributed by atoms with Crippen LogP contribution in [0.15, 0.2) is 23.6 Å². The molecule has 0 spiro atoms. The van der Waals surface area contributed by atoms with Crippen molar-refractivity contribution in [3.63, 3.8) is 0 Å². The number of thiophene rings is 2. The van der Waals surface area contributed by atoms with Gasteiger partial charge in [0.1, 0.15) is 0 Å². The highest BCUT2D eigenvalue weighted by Gasteiger charge is 2.28. The van der Waals surface area contributed by atoms with Crippen molar-refractivity contribution in [2.24, 2.45) is 5.92 Å². The lowest BCUT2D eigenvalue weighted by atomic mass is 9.87. The summed E-state index contributed by atoms with van der Waals surface area (Å²) in [6, 6.07) is 6.04. The van der Waals surface area contributed by atoms with Crippen molar-refractivity contribution < 1.29 is 14.3 Å². The fourth-order valence-electron chi connectivity index (χ4n) is 3.51. The van der Waals surface area contributed by atoms with E-state index in [2.05, 4.69) is 5.32 Å². The molecule has 1 fully saturated rings. The van der Waals surface area contributed by atoms with Gasteiger partial charge in [-0.05, 0) is 42.3 Å². The molecule has 2 aliphatic rings.